The Morgan fingerprint density at radius 1 is 1.42 bits per heavy atom. The summed E-state index contributed by atoms with van der Waals surface area (Å²) in [7, 11) is 1.58. The maximum atomic E-state index is 11.4. The van der Waals surface area contributed by atoms with Crippen molar-refractivity contribution in [2.45, 2.75) is 13.0 Å². The van der Waals surface area contributed by atoms with Gasteiger partial charge in [0, 0.05) is 18.9 Å². The van der Waals surface area contributed by atoms with Crippen LogP contribution >= 0.6 is 11.3 Å². The van der Waals surface area contributed by atoms with Crippen LogP contribution in [0.15, 0.2) is 5.38 Å². The molecule has 1 aromatic rings. The van der Waals surface area contributed by atoms with Crippen molar-refractivity contribution < 1.29 is 24.2 Å². The average molecular weight is 288 g/mol. The van der Waals surface area contributed by atoms with E-state index in [0.29, 0.717) is 24.8 Å². The third-order valence-electron chi connectivity index (χ3n) is 2.11. The number of aromatic carboxylic acids is 1. The van der Waals surface area contributed by atoms with Crippen LogP contribution in [0.25, 0.3) is 0 Å². The minimum atomic E-state index is -1.07. The molecular formula is C11H16N2O5S. The first-order valence-corrected chi connectivity index (χ1v) is 6.52. The van der Waals surface area contributed by atoms with Crippen molar-refractivity contribution in [3.05, 3.63) is 16.1 Å². The number of ether oxygens (including phenoxy) is 2. The van der Waals surface area contributed by atoms with Crippen LogP contribution < -0.4 is 5.32 Å². The molecule has 1 amide bonds. The summed E-state index contributed by atoms with van der Waals surface area (Å²) in [5.74, 6) is -1.23. The van der Waals surface area contributed by atoms with Gasteiger partial charge in [-0.1, -0.05) is 0 Å². The number of nitrogens with zero attached hydrogens (tertiary/aromatic N) is 1. The molecule has 0 atom stereocenters. The fourth-order valence-electron chi connectivity index (χ4n) is 1.16. The van der Waals surface area contributed by atoms with Gasteiger partial charge in [-0.05, 0) is 0 Å². The van der Waals surface area contributed by atoms with Crippen molar-refractivity contribution in [1.82, 2.24) is 10.3 Å². The van der Waals surface area contributed by atoms with Gasteiger partial charge in [0.1, 0.15) is 5.01 Å². The molecule has 7 nitrogen and oxygen atoms in total. The van der Waals surface area contributed by atoms with E-state index in [1.54, 1.807) is 7.11 Å². The number of nitrogens with one attached hydrogen (secondary N) is 1. The Kier molecular flexibility index (Phi) is 7.01. The van der Waals surface area contributed by atoms with Gasteiger partial charge in [0.15, 0.2) is 5.69 Å². The molecule has 0 bridgehead atoms. The largest absolute Gasteiger partial charge is 0.476 e. The molecule has 0 aliphatic rings. The van der Waals surface area contributed by atoms with Crippen molar-refractivity contribution in [2.75, 3.05) is 26.9 Å². The lowest BCUT2D eigenvalue weighted by molar-refractivity contribution is -0.122. The van der Waals surface area contributed by atoms with Gasteiger partial charge in [0.25, 0.3) is 0 Å². The molecule has 8 heteroatoms. The summed E-state index contributed by atoms with van der Waals surface area (Å²) in [6.07, 6.45) is 0.251. The van der Waals surface area contributed by atoms with Gasteiger partial charge in [-0.15, -0.1) is 11.3 Å². The Morgan fingerprint density at radius 3 is 2.84 bits per heavy atom. The zero-order valence-corrected chi connectivity index (χ0v) is 11.4. The van der Waals surface area contributed by atoms with Crippen molar-refractivity contribution in [2.24, 2.45) is 0 Å². The van der Waals surface area contributed by atoms with Crippen LogP contribution in [0.4, 0.5) is 0 Å². The van der Waals surface area contributed by atoms with E-state index < -0.39 is 5.97 Å². The minimum absolute atomic E-state index is 0.00264. The topological polar surface area (TPSA) is 97.8 Å². The number of carboxylic acid groups (broad SMARTS) is 1. The van der Waals surface area contributed by atoms with Crippen LogP contribution in [-0.2, 0) is 20.8 Å². The first-order valence-electron chi connectivity index (χ1n) is 5.64. The van der Waals surface area contributed by atoms with Gasteiger partial charge in [0.05, 0.1) is 26.4 Å². The molecule has 0 radical (unpaired) electrons. The molecule has 0 aromatic carbocycles. The summed E-state index contributed by atoms with van der Waals surface area (Å²) in [5, 5.41) is 13.3. The SMILES string of the molecule is COCCOCCC(=O)NCc1nc(C(=O)O)cs1. The number of rotatable bonds is 9. The fourth-order valence-corrected chi connectivity index (χ4v) is 1.87. The standard InChI is InChI=1S/C11H16N2O5S/c1-17-4-5-18-3-2-9(14)12-6-10-13-8(7-19-10)11(15)16/h7H,2-6H2,1H3,(H,12,14)(H,15,16). The quantitative estimate of drug-likeness (QED) is 0.643. The Labute approximate surface area is 114 Å². The smallest absolute Gasteiger partial charge is 0.355 e. The van der Waals surface area contributed by atoms with E-state index >= 15 is 0 Å². The maximum absolute atomic E-state index is 11.4. The monoisotopic (exact) mass is 288 g/mol. The molecule has 0 saturated heterocycles. The Balaban J connectivity index is 2.17. The minimum Gasteiger partial charge on any atom is -0.476 e. The highest BCUT2D eigenvalue weighted by Crippen LogP contribution is 2.09. The molecule has 0 aliphatic carbocycles. The van der Waals surface area contributed by atoms with E-state index in [1.807, 2.05) is 0 Å². The summed E-state index contributed by atoms with van der Waals surface area (Å²) in [6.45, 7) is 1.51. The van der Waals surface area contributed by atoms with Crippen LogP contribution in [0, 0.1) is 0 Å². The van der Waals surface area contributed by atoms with Gasteiger partial charge in [0.2, 0.25) is 5.91 Å². The second kappa shape index (κ2) is 8.57. The summed E-state index contributed by atoms with van der Waals surface area (Å²) >= 11 is 1.20. The number of hydrogen-bond acceptors (Lipinski definition) is 6. The van der Waals surface area contributed by atoms with Crippen LogP contribution in [0.3, 0.4) is 0 Å². The summed E-state index contributed by atoms with van der Waals surface area (Å²) in [6, 6.07) is 0. The molecule has 2 N–H and O–H groups in total. The first-order chi connectivity index (χ1) is 9.13. The highest BCUT2D eigenvalue weighted by molar-refractivity contribution is 7.09. The highest BCUT2D eigenvalue weighted by Gasteiger charge is 2.09. The zero-order chi connectivity index (χ0) is 14.1. The van der Waals surface area contributed by atoms with Crippen molar-refractivity contribution >= 4 is 23.2 Å². The predicted molar refractivity (Wildman–Crippen MR) is 68.2 cm³/mol. The van der Waals surface area contributed by atoms with E-state index in [9.17, 15) is 9.59 Å². The number of thiazole rings is 1. The van der Waals surface area contributed by atoms with Gasteiger partial charge in [-0.2, -0.15) is 0 Å². The Hall–Kier alpha value is -1.51. The lowest BCUT2D eigenvalue weighted by Crippen LogP contribution is -2.24. The van der Waals surface area contributed by atoms with E-state index in [-0.39, 0.29) is 24.6 Å². The number of carboxylic acids is 1. The van der Waals surface area contributed by atoms with E-state index in [4.69, 9.17) is 14.6 Å². The number of amides is 1. The number of hydrogen-bond donors (Lipinski definition) is 2. The normalized spacial score (nSPS) is 10.4. The lowest BCUT2D eigenvalue weighted by atomic mass is 10.4. The van der Waals surface area contributed by atoms with Crippen LogP contribution in [0.2, 0.25) is 0 Å². The number of methoxy groups -OCH3 is 1. The number of carbonyl (C=O) groups is 2. The van der Waals surface area contributed by atoms with E-state index in [1.165, 1.54) is 16.7 Å². The molecule has 0 aliphatic heterocycles. The average Bonchev–Trinajstić information content (AvgIpc) is 2.85. The molecule has 0 unspecified atom stereocenters. The molecule has 1 aromatic heterocycles. The summed E-state index contributed by atoms with van der Waals surface area (Å²) in [5.41, 5.74) is -0.00264. The molecule has 0 saturated carbocycles. The second-order valence-electron chi connectivity index (χ2n) is 3.56. The van der Waals surface area contributed by atoms with Crippen LogP contribution in [0.5, 0.6) is 0 Å². The molecule has 106 valence electrons. The van der Waals surface area contributed by atoms with Crippen LogP contribution in [0.1, 0.15) is 21.9 Å². The van der Waals surface area contributed by atoms with Gasteiger partial charge in [-0.3, -0.25) is 4.79 Å². The molecular weight excluding hydrogens is 272 g/mol. The maximum Gasteiger partial charge on any atom is 0.355 e. The third kappa shape index (κ3) is 6.27. The van der Waals surface area contributed by atoms with Crippen molar-refractivity contribution in [3.63, 3.8) is 0 Å². The van der Waals surface area contributed by atoms with Crippen molar-refractivity contribution in [1.29, 1.82) is 0 Å². The summed E-state index contributed by atoms with van der Waals surface area (Å²) in [4.78, 5) is 25.9. The molecule has 1 heterocycles. The molecule has 1 rings (SSSR count). The Bertz CT molecular complexity index is 421. The lowest BCUT2D eigenvalue weighted by Gasteiger charge is -2.04. The van der Waals surface area contributed by atoms with E-state index in [2.05, 4.69) is 10.3 Å². The fraction of sp³-hybridized carbons (Fsp3) is 0.545. The van der Waals surface area contributed by atoms with Crippen molar-refractivity contribution in [3.8, 4) is 0 Å². The third-order valence-corrected chi connectivity index (χ3v) is 2.96. The van der Waals surface area contributed by atoms with E-state index in [0.717, 1.165) is 0 Å². The van der Waals surface area contributed by atoms with Gasteiger partial charge >= 0.3 is 5.97 Å². The van der Waals surface area contributed by atoms with Gasteiger partial charge in [-0.25, -0.2) is 9.78 Å². The summed E-state index contributed by atoms with van der Waals surface area (Å²) < 4.78 is 9.95. The number of aromatic nitrogens is 1. The second-order valence-corrected chi connectivity index (χ2v) is 4.51. The van der Waals surface area contributed by atoms with Crippen LogP contribution in [-0.4, -0.2) is 48.9 Å². The molecule has 0 spiro atoms. The first kappa shape index (κ1) is 15.5. The molecule has 19 heavy (non-hydrogen) atoms. The zero-order valence-electron chi connectivity index (χ0n) is 10.5. The highest BCUT2D eigenvalue weighted by atomic mass is 32.1. The van der Waals surface area contributed by atoms with Gasteiger partial charge < -0.3 is 19.9 Å². The Morgan fingerprint density at radius 2 is 2.21 bits per heavy atom. The predicted octanol–water partition coefficient (Wildman–Crippen LogP) is 0.511. The number of carbonyl (C=O) groups excluding carboxylic acids is 1. The molecule has 0 fully saturated rings.